The molecule has 0 aliphatic rings. The zero-order valence-corrected chi connectivity index (χ0v) is 37.0. The smallest absolute Gasteiger partial charge is 0.462 e. The maximum atomic E-state index is 12.5. The summed E-state index contributed by atoms with van der Waals surface area (Å²) in [5.74, 6) is -0.797. The molecule has 0 aromatic heterocycles. The average molecular weight is 799 g/mol. The van der Waals surface area contributed by atoms with E-state index in [2.05, 4.69) is 42.7 Å². The summed E-state index contributed by atoms with van der Waals surface area (Å²) in [4.78, 5) is 34.5. The van der Waals surface area contributed by atoms with E-state index in [9.17, 15) is 19.0 Å². The van der Waals surface area contributed by atoms with Crippen molar-refractivity contribution < 1.29 is 37.6 Å². The van der Waals surface area contributed by atoms with Crippen LogP contribution in [0.25, 0.3) is 0 Å². The van der Waals surface area contributed by atoms with E-state index >= 15 is 0 Å². The molecule has 0 aromatic rings. The molecule has 0 aliphatic heterocycles. The number of ether oxygens (including phenoxy) is 2. The second-order valence-electron chi connectivity index (χ2n) is 15.5. The molecule has 0 aliphatic carbocycles. The van der Waals surface area contributed by atoms with Crippen LogP contribution in [0.2, 0.25) is 0 Å². The molecule has 0 fully saturated rings. The van der Waals surface area contributed by atoms with Gasteiger partial charge in [0.25, 0.3) is 0 Å². The summed E-state index contributed by atoms with van der Waals surface area (Å²) in [5.41, 5.74) is 0. The molecular formula is C46H87O8P. The standard InChI is InChI=1S/C46H87O8P/c1-4-6-8-10-12-14-16-18-20-22-23-25-27-29-31-33-35-37-39-41-46(48)54-44(43-53-55(49,50)51-3)42-52-45(47)40-38-36-34-32-30-28-26-24-21-19-17-15-13-11-9-7-5-2/h12,14,18,20,44H,4-11,13,15-17,19,21-43H2,1-3H3,(H,49,50)/b14-12-,20-18-. The van der Waals surface area contributed by atoms with Crippen LogP contribution in [0.15, 0.2) is 24.3 Å². The van der Waals surface area contributed by atoms with Crippen molar-refractivity contribution >= 4 is 19.8 Å². The van der Waals surface area contributed by atoms with E-state index in [0.29, 0.717) is 12.8 Å². The Morgan fingerprint density at radius 2 is 0.873 bits per heavy atom. The Bertz CT molecular complexity index is 952. The van der Waals surface area contributed by atoms with E-state index in [1.165, 1.54) is 154 Å². The summed E-state index contributed by atoms with van der Waals surface area (Å²) in [5, 5.41) is 0. The molecule has 1 N–H and O–H groups in total. The van der Waals surface area contributed by atoms with Crippen LogP contribution in [0.1, 0.15) is 232 Å². The molecule has 2 atom stereocenters. The topological polar surface area (TPSA) is 108 Å². The molecule has 0 saturated heterocycles. The Hall–Kier alpha value is -1.47. The second kappa shape index (κ2) is 42.1. The van der Waals surface area contributed by atoms with Crippen LogP contribution in [0.5, 0.6) is 0 Å². The maximum Gasteiger partial charge on any atom is 0.472 e. The maximum absolute atomic E-state index is 12.5. The van der Waals surface area contributed by atoms with Crippen LogP contribution in [-0.4, -0.2) is 43.3 Å². The van der Waals surface area contributed by atoms with Gasteiger partial charge >= 0.3 is 19.8 Å². The number of carbonyl (C=O) groups is 2. The number of hydrogen-bond acceptors (Lipinski definition) is 7. The molecule has 324 valence electrons. The number of esters is 2. The molecule has 8 nitrogen and oxygen atoms in total. The molecule has 0 radical (unpaired) electrons. The van der Waals surface area contributed by atoms with Gasteiger partial charge in [-0.1, -0.05) is 199 Å². The lowest BCUT2D eigenvalue weighted by Gasteiger charge is -2.19. The monoisotopic (exact) mass is 799 g/mol. The second-order valence-corrected chi connectivity index (χ2v) is 17.1. The Kier molecular flexibility index (Phi) is 41.0. The summed E-state index contributed by atoms with van der Waals surface area (Å²) in [6.07, 6.45) is 48.0. The minimum absolute atomic E-state index is 0.222. The van der Waals surface area contributed by atoms with Crippen LogP contribution in [0.3, 0.4) is 0 Å². The summed E-state index contributed by atoms with van der Waals surface area (Å²) in [6, 6.07) is 0. The molecule has 0 spiro atoms. The third-order valence-electron chi connectivity index (χ3n) is 10.2. The molecule has 0 rings (SSSR count). The van der Waals surface area contributed by atoms with E-state index in [0.717, 1.165) is 52.1 Å². The first-order valence-electron chi connectivity index (χ1n) is 23.0. The third kappa shape index (κ3) is 42.0. The molecule has 0 aromatic carbocycles. The Balaban J connectivity index is 3.94. The largest absolute Gasteiger partial charge is 0.472 e. The van der Waals surface area contributed by atoms with Gasteiger partial charge in [-0.25, -0.2) is 4.57 Å². The molecule has 0 amide bonds. The molecular weight excluding hydrogens is 711 g/mol. The van der Waals surface area contributed by atoms with Gasteiger partial charge in [-0.05, 0) is 44.9 Å². The molecule has 55 heavy (non-hydrogen) atoms. The van der Waals surface area contributed by atoms with Crippen molar-refractivity contribution in [1.82, 2.24) is 0 Å². The quantitative estimate of drug-likeness (QED) is 0.0281. The van der Waals surface area contributed by atoms with E-state index < -0.39 is 26.5 Å². The number of phosphoric acid groups is 1. The SMILES string of the molecule is CCCCC/C=C\C/C=C\CCCCCCCCCCCC(=O)OC(COC(=O)CCCCCCCCCCCCCCCCCCC)COP(=O)(O)OC. The minimum atomic E-state index is -4.26. The number of carbonyl (C=O) groups excluding carboxylic acids is 2. The number of hydrogen-bond donors (Lipinski definition) is 1. The number of allylic oxidation sites excluding steroid dienone is 4. The highest BCUT2D eigenvalue weighted by Crippen LogP contribution is 2.42. The normalized spacial score (nSPS) is 13.5. The lowest BCUT2D eigenvalue weighted by Crippen LogP contribution is -2.29. The van der Waals surface area contributed by atoms with Crippen LogP contribution >= 0.6 is 7.82 Å². The fourth-order valence-corrected chi connectivity index (χ4v) is 7.09. The summed E-state index contributed by atoms with van der Waals surface area (Å²) < 4.78 is 32.1. The highest BCUT2D eigenvalue weighted by atomic mass is 31.2. The lowest BCUT2D eigenvalue weighted by atomic mass is 10.0. The molecule has 2 unspecified atom stereocenters. The first-order chi connectivity index (χ1) is 26.8. The van der Waals surface area contributed by atoms with Gasteiger partial charge in [0.1, 0.15) is 6.61 Å². The van der Waals surface area contributed by atoms with Gasteiger partial charge in [0.05, 0.1) is 6.61 Å². The van der Waals surface area contributed by atoms with Crippen molar-refractivity contribution in [2.24, 2.45) is 0 Å². The van der Waals surface area contributed by atoms with Gasteiger partial charge in [-0.2, -0.15) is 0 Å². The molecule has 0 heterocycles. The van der Waals surface area contributed by atoms with Gasteiger partial charge in [0.15, 0.2) is 6.10 Å². The van der Waals surface area contributed by atoms with E-state index in [1.54, 1.807) is 0 Å². The van der Waals surface area contributed by atoms with Crippen LogP contribution < -0.4 is 0 Å². The van der Waals surface area contributed by atoms with Crippen LogP contribution in [0.4, 0.5) is 0 Å². The van der Waals surface area contributed by atoms with Crippen LogP contribution in [0, 0.1) is 0 Å². The van der Waals surface area contributed by atoms with Crippen molar-refractivity contribution in [3.05, 3.63) is 24.3 Å². The summed E-state index contributed by atoms with van der Waals surface area (Å²) >= 11 is 0. The average Bonchev–Trinajstić information content (AvgIpc) is 3.18. The Morgan fingerprint density at radius 3 is 1.31 bits per heavy atom. The fraction of sp³-hybridized carbons (Fsp3) is 0.870. The zero-order chi connectivity index (χ0) is 40.3. The van der Waals surface area contributed by atoms with E-state index in [1.807, 2.05) is 0 Å². The predicted molar refractivity (Wildman–Crippen MR) is 230 cm³/mol. The van der Waals surface area contributed by atoms with Crippen molar-refractivity contribution in [3.8, 4) is 0 Å². The minimum Gasteiger partial charge on any atom is -0.462 e. The van der Waals surface area contributed by atoms with Crippen molar-refractivity contribution in [3.63, 3.8) is 0 Å². The Labute approximate surface area is 339 Å². The molecule has 0 saturated carbocycles. The third-order valence-corrected chi connectivity index (χ3v) is 11.1. The van der Waals surface area contributed by atoms with Gasteiger partial charge in [-0.3, -0.25) is 18.6 Å². The summed E-state index contributed by atoms with van der Waals surface area (Å²) in [7, 11) is -3.20. The highest BCUT2D eigenvalue weighted by molar-refractivity contribution is 7.47. The molecule has 9 heteroatoms. The van der Waals surface area contributed by atoms with Gasteiger partial charge < -0.3 is 14.4 Å². The lowest BCUT2D eigenvalue weighted by molar-refractivity contribution is -0.161. The van der Waals surface area contributed by atoms with Crippen molar-refractivity contribution in [1.29, 1.82) is 0 Å². The van der Waals surface area contributed by atoms with E-state index in [-0.39, 0.29) is 19.0 Å². The predicted octanol–water partition coefficient (Wildman–Crippen LogP) is 14.6. The zero-order valence-electron chi connectivity index (χ0n) is 36.1. The first-order valence-corrected chi connectivity index (χ1v) is 24.5. The van der Waals surface area contributed by atoms with E-state index in [4.69, 9.17) is 14.0 Å². The summed E-state index contributed by atoms with van der Waals surface area (Å²) in [6.45, 7) is 3.89. The Morgan fingerprint density at radius 1 is 0.509 bits per heavy atom. The van der Waals surface area contributed by atoms with Crippen molar-refractivity contribution in [2.45, 2.75) is 238 Å². The first kappa shape index (κ1) is 53.5. The van der Waals surface area contributed by atoms with Gasteiger partial charge in [0.2, 0.25) is 0 Å². The van der Waals surface area contributed by atoms with Gasteiger partial charge in [-0.15, -0.1) is 0 Å². The fourth-order valence-electron chi connectivity index (χ4n) is 6.63. The molecule has 0 bridgehead atoms. The van der Waals surface area contributed by atoms with Gasteiger partial charge in [0, 0.05) is 20.0 Å². The van der Waals surface area contributed by atoms with Crippen LogP contribution in [-0.2, 0) is 32.7 Å². The van der Waals surface area contributed by atoms with Crippen molar-refractivity contribution in [2.75, 3.05) is 20.3 Å². The number of phosphoric ester groups is 1. The highest BCUT2D eigenvalue weighted by Gasteiger charge is 2.24. The number of unbranched alkanes of at least 4 members (excludes halogenated alkanes) is 28. The number of rotatable bonds is 43.